The summed E-state index contributed by atoms with van der Waals surface area (Å²) in [4.78, 5) is 20.2. The number of halogens is 1. The SMILES string of the molecule is Cc1nc(C(=O)NC(C)Cc2c[nH]c3ccc(F)cc23)n2c1CCC2. The second kappa shape index (κ2) is 6.02. The van der Waals surface area contributed by atoms with Gasteiger partial charge in [-0.05, 0) is 56.9 Å². The number of carbonyl (C=O) groups excluding carboxylic acids is 1. The van der Waals surface area contributed by atoms with Gasteiger partial charge in [-0.25, -0.2) is 9.37 Å². The molecular weight excluding hydrogens is 319 g/mol. The quantitative estimate of drug-likeness (QED) is 0.766. The summed E-state index contributed by atoms with van der Waals surface area (Å²) in [6.07, 6.45) is 4.56. The number of amides is 1. The first-order valence-electron chi connectivity index (χ1n) is 8.65. The molecular formula is C19H21FN4O. The fourth-order valence-corrected chi connectivity index (χ4v) is 3.73. The van der Waals surface area contributed by atoms with Crippen LogP contribution in [0.1, 0.15) is 40.9 Å². The molecule has 3 heterocycles. The van der Waals surface area contributed by atoms with Crippen LogP contribution in [0.4, 0.5) is 4.39 Å². The number of nitrogens with one attached hydrogen (secondary N) is 2. The minimum atomic E-state index is -0.256. The van der Waals surface area contributed by atoms with E-state index in [0.717, 1.165) is 41.5 Å². The Kier molecular flexibility index (Phi) is 3.82. The Morgan fingerprint density at radius 2 is 2.32 bits per heavy atom. The number of hydrogen-bond acceptors (Lipinski definition) is 2. The fraction of sp³-hybridized carbons (Fsp3) is 0.368. The molecule has 2 aromatic heterocycles. The van der Waals surface area contributed by atoms with Crippen LogP contribution < -0.4 is 5.32 Å². The molecule has 4 rings (SSSR count). The lowest BCUT2D eigenvalue weighted by atomic mass is 10.1. The second-order valence-corrected chi connectivity index (χ2v) is 6.81. The van der Waals surface area contributed by atoms with Gasteiger partial charge in [0.05, 0.1) is 5.69 Å². The zero-order valence-electron chi connectivity index (χ0n) is 14.4. The van der Waals surface area contributed by atoms with Gasteiger partial charge in [0.1, 0.15) is 5.82 Å². The van der Waals surface area contributed by atoms with Crippen LogP contribution in [0.3, 0.4) is 0 Å². The van der Waals surface area contributed by atoms with Crippen molar-refractivity contribution in [1.82, 2.24) is 19.9 Å². The highest BCUT2D eigenvalue weighted by atomic mass is 19.1. The van der Waals surface area contributed by atoms with Crippen LogP contribution in [-0.2, 0) is 19.4 Å². The average molecular weight is 340 g/mol. The lowest BCUT2D eigenvalue weighted by Gasteiger charge is -2.13. The second-order valence-electron chi connectivity index (χ2n) is 6.81. The first-order valence-corrected chi connectivity index (χ1v) is 8.65. The van der Waals surface area contributed by atoms with Crippen molar-refractivity contribution >= 4 is 16.8 Å². The number of aryl methyl sites for hydroxylation is 1. The van der Waals surface area contributed by atoms with Gasteiger partial charge in [0.2, 0.25) is 0 Å². The van der Waals surface area contributed by atoms with E-state index in [1.807, 2.05) is 24.6 Å². The summed E-state index contributed by atoms with van der Waals surface area (Å²) < 4.78 is 15.5. The van der Waals surface area contributed by atoms with E-state index >= 15 is 0 Å². The van der Waals surface area contributed by atoms with Crippen LogP contribution in [0.5, 0.6) is 0 Å². The Bertz CT molecular complexity index is 956. The van der Waals surface area contributed by atoms with E-state index in [1.165, 1.54) is 17.8 Å². The van der Waals surface area contributed by atoms with Gasteiger partial charge in [-0.1, -0.05) is 0 Å². The van der Waals surface area contributed by atoms with Gasteiger partial charge in [0.15, 0.2) is 5.82 Å². The third-order valence-electron chi connectivity index (χ3n) is 4.90. The molecule has 3 aromatic rings. The number of nitrogens with zero attached hydrogens (tertiary/aromatic N) is 2. The number of carbonyl (C=O) groups is 1. The number of imidazole rings is 1. The molecule has 1 aliphatic rings. The van der Waals surface area contributed by atoms with E-state index in [-0.39, 0.29) is 17.8 Å². The van der Waals surface area contributed by atoms with Crippen LogP contribution in [0.25, 0.3) is 10.9 Å². The Balaban J connectivity index is 1.50. The minimum Gasteiger partial charge on any atom is -0.361 e. The van der Waals surface area contributed by atoms with Crippen LogP contribution in [0, 0.1) is 12.7 Å². The zero-order valence-corrected chi connectivity index (χ0v) is 14.4. The molecule has 0 fully saturated rings. The highest BCUT2D eigenvalue weighted by Gasteiger charge is 2.24. The predicted octanol–water partition coefficient (Wildman–Crippen LogP) is 3.12. The van der Waals surface area contributed by atoms with Crippen molar-refractivity contribution in [2.24, 2.45) is 0 Å². The third-order valence-corrected chi connectivity index (χ3v) is 4.90. The van der Waals surface area contributed by atoms with E-state index < -0.39 is 0 Å². The summed E-state index contributed by atoms with van der Waals surface area (Å²) in [5.41, 5.74) is 4.01. The topological polar surface area (TPSA) is 62.7 Å². The van der Waals surface area contributed by atoms with Crippen LogP contribution >= 0.6 is 0 Å². The van der Waals surface area contributed by atoms with Crippen molar-refractivity contribution < 1.29 is 9.18 Å². The molecule has 6 heteroatoms. The van der Waals surface area contributed by atoms with Crippen LogP contribution in [0.2, 0.25) is 0 Å². The predicted molar refractivity (Wildman–Crippen MR) is 94.2 cm³/mol. The summed E-state index contributed by atoms with van der Waals surface area (Å²) in [6.45, 7) is 4.77. The Labute approximate surface area is 145 Å². The number of benzene rings is 1. The Morgan fingerprint density at radius 3 is 3.16 bits per heavy atom. The van der Waals surface area contributed by atoms with E-state index in [1.54, 1.807) is 6.07 Å². The van der Waals surface area contributed by atoms with Gasteiger partial charge < -0.3 is 14.9 Å². The fourth-order valence-electron chi connectivity index (χ4n) is 3.73. The van der Waals surface area contributed by atoms with Crippen LogP contribution in [-0.4, -0.2) is 26.5 Å². The molecule has 130 valence electrons. The molecule has 0 saturated carbocycles. The molecule has 0 aliphatic carbocycles. The highest BCUT2D eigenvalue weighted by molar-refractivity contribution is 5.91. The van der Waals surface area contributed by atoms with Crippen molar-refractivity contribution in [2.75, 3.05) is 0 Å². The van der Waals surface area contributed by atoms with Crippen LogP contribution in [0.15, 0.2) is 24.4 Å². The monoisotopic (exact) mass is 340 g/mol. The van der Waals surface area contributed by atoms with Crippen molar-refractivity contribution in [3.8, 4) is 0 Å². The summed E-state index contributed by atoms with van der Waals surface area (Å²) >= 11 is 0. The van der Waals surface area contributed by atoms with Crippen molar-refractivity contribution in [3.05, 3.63) is 53.0 Å². The number of H-pyrrole nitrogens is 1. The number of rotatable bonds is 4. The molecule has 1 unspecified atom stereocenters. The zero-order chi connectivity index (χ0) is 17.6. The van der Waals surface area contributed by atoms with Gasteiger partial charge in [-0.15, -0.1) is 0 Å². The first-order chi connectivity index (χ1) is 12.0. The molecule has 1 aromatic carbocycles. The molecule has 1 aliphatic heterocycles. The molecule has 0 radical (unpaired) electrons. The van der Waals surface area contributed by atoms with Crippen molar-refractivity contribution in [2.45, 2.75) is 45.7 Å². The number of aromatic nitrogens is 3. The third kappa shape index (κ3) is 2.81. The maximum absolute atomic E-state index is 13.5. The molecule has 25 heavy (non-hydrogen) atoms. The molecule has 0 spiro atoms. The van der Waals surface area contributed by atoms with Crippen molar-refractivity contribution in [3.63, 3.8) is 0 Å². The normalized spacial score (nSPS) is 14.7. The minimum absolute atomic E-state index is 0.0792. The van der Waals surface area contributed by atoms with E-state index in [2.05, 4.69) is 15.3 Å². The summed E-state index contributed by atoms with van der Waals surface area (Å²) in [5.74, 6) is 0.102. The van der Waals surface area contributed by atoms with E-state index in [0.29, 0.717) is 12.2 Å². The number of fused-ring (bicyclic) bond motifs is 2. The van der Waals surface area contributed by atoms with Gasteiger partial charge in [0, 0.05) is 35.4 Å². The molecule has 1 atom stereocenters. The average Bonchev–Trinajstić information content (AvgIpc) is 3.25. The standard InChI is InChI=1S/C19H21FN4O/c1-11(8-13-10-21-16-6-5-14(20)9-15(13)16)22-19(25)18-23-12(2)17-4-3-7-24(17)18/h5-6,9-11,21H,3-4,7-8H2,1-2H3,(H,22,25). The van der Waals surface area contributed by atoms with Gasteiger partial charge in [-0.2, -0.15) is 0 Å². The molecule has 0 bridgehead atoms. The number of aromatic amines is 1. The van der Waals surface area contributed by atoms with Crippen molar-refractivity contribution in [1.29, 1.82) is 0 Å². The Hall–Kier alpha value is -2.63. The maximum Gasteiger partial charge on any atom is 0.287 e. The Morgan fingerprint density at radius 1 is 1.48 bits per heavy atom. The largest absolute Gasteiger partial charge is 0.361 e. The molecule has 0 saturated heterocycles. The highest BCUT2D eigenvalue weighted by Crippen LogP contribution is 2.22. The number of hydrogen-bond donors (Lipinski definition) is 2. The molecule has 2 N–H and O–H groups in total. The van der Waals surface area contributed by atoms with E-state index in [9.17, 15) is 9.18 Å². The van der Waals surface area contributed by atoms with Gasteiger partial charge in [-0.3, -0.25) is 4.79 Å². The summed E-state index contributed by atoms with van der Waals surface area (Å²) in [7, 11) is 0. The smallest absolute Gasteiger partial charge is 0.287 e. The maximum atomic E-state index is 13.5. The summed E-state index contributed by atoms with van der Waals surface area (Å²) in [6, 6.07) is 4.62. The van der Waals surface area contributed by atoms with Gasteiger partial charge in [0.25, 0.3) is 5.91 Å². The first kappa shape index (κ1) is 15.9. The lowest BCUT2D eigenvalue weighted by molar-refractivity contribution is 0.0925. The molecule has 5 nitrogen and oxygen atoms in total. The summed E-state index contributed by atoms with van der Waals surface area (Å²) in [5, 5.41) is 3.89. The molecule has 1 amide bonds. The van der Waals surface area contributed by atoms with Gasteiger partial charge >= 0.3 is 0 Å². The van der Waals surface area contributed by atoms with E-state index in [4.69, 9.17) is 0 Å². The lowest BCUT2D eigenvalue weighted by Crippen LogP contribution is -2.35.